The molecule has 0 aromatic rings. The number of nitrogens with two attached hydrogens (primary N) is 1. The number of aliphatic hydroxyl groups excluding tert-OH is 1. The van der Waals surface area contributed by atoms with Crippen molar-refractivity contribution in [2.75, 3.05) is 19.6 Å². The number of hydrogen-bond donors (Lipinski definition) is 2. The lowest BCUT2D eigenvalue weighted by Gasteiger charge is -2.30. The van der Waals surface area contributed by atoms with Crippen LogP contribution in [-0.2, 0) is 0 Å². The molecule has 0 amide bonds. The Bertz CT molecular complexity index is 109. The zero-order chi connectivity index (χ0) is 8.27. The molecule has 1 atom stereocenters. The highest BCUT2D eigenvalue weighted by atomic mass is 16.3. The minimum absolute atomic E-state index is 0.204. The van der Waals surface area contributed by atoms with Crippen LogP contribution in [0.15, 0.2) is 0 Å². The molecule has 0 aromatic heterocycles. The molecule has 1 aliphatic rings. The van der Waals surface area contributed by atoms with Crippen LogP contribution in [-0.4, -0.2) is 41.8 Å². The molecule has 11 heavy (non-hydrogen) atoms. The van der Waals surface area contributed by atoms with Gasteiger partial charge in [-0.2, -0.15) is 0 Å². The van der Waals surface area contributed by atoms with Crippen LogP contribution in [0.25, 0.3) is 0 Å². The lowest BCUT2D eigenvalue weighted by Crippen LogP contribution is -2.42. The number of rotatable bonds is 2. The van der Waals surface area contributed by atoms with Crippen LogP contribution in [0.2, 0.25) is 0 Å². The highest BCUT2D eigenvalue weighted by Gasteiger charge is 2.16. The fourth-order valence-electron chi connectivity index (χ4n) is 1.51. The van der Waals surface area contributed by atoms with E-state index in [0.717, 1.165) is 32.5 Å². The molecular weight excluding hydrogens is 140 g/mol. The van der Waals surface area contributed by atoms with Crippen LogP contribution in [0.3, 0.4) is 0 Å². The summed E-state index contributed by atoms with van der Waals surface area (Å²) in [6, 6.07) is 0.389. The van der Waals surface area contributed by atoms with Crippen molar-refractivity contribution in [3.8, 4) is 0 Å². The molecule has 66 valence electrons. The molecule has 0 bridgehead atoms. The number of hydrogen-bond acceptors (Lipinski definition) is 3. The van der Waals surface area contributed by atoms with Gasteiger partial charge in [-0.15, -0.1) is 0 Å². The summed E-state index contributed by atoms with van der Waals surface area (Å²) >= 11 is 0. The van der Waals surface area contributed by atoms with Crippen molar-refractivity contribution >= 4 is 0 Å². The van der Waals surface area contributed by atoms with Crippen LogP contribution in [0.5, 0.6) is 0 Å². The van der Waals surface area contributed by atoms with E-state index in [0.29, 0.717) is 6.04 Å². The molecule has 3 nitrogen and oxygen atoms in total. The second-order valence-corrected chi connectivity index (χ2v) is 3.49. The van der Waals surface area contributed by atoms with Crippen molar-refractivity contribution in [2.45, 2.75) is 31.9 Å². The summed E-state index contributed by atoms with van der Waals surface area (Å²) in [7, 11) is 0. The summed E-state index contributed by atoms with van der Waals surface area (Å²) in [4.78, 5) is 2.27. The Hall–Kier alpha value is -0.120. The number of piperidine rings is 1. The highest BCUT2D eigenvalue weighted by molar-refractivity contribution is 4.74. The molecule has 0 radical (unpaired) electrons. The first-order chi connectivity index (χ1) is 5.18. The summed E-state index contributed by atoms with van der Waals surface area (Å²) in [5, 5.41) is 9.10. The van der Waals surface area contributed by atoms with Gasteiger partial charge in [0, 0.05) is 12.6 Å². The molecule has 0 spiro atoms. The van der Waals surface area contributed by atoms with Gasteiger partial charge >= 0.3 is 0 Å². The summed E-state index contributed by atoms with van der Waals surface area (Å²) in [6.45, 7) is 4.72. The summed E-state index contributed by atoms with van der Waals surface area (Å²) < 4.78 is 0. The maximum atomic E-state index is 9.10. The van der Waals surface area contributed by atoms with E-state index < -0.39 is 0 Å². The van der Waals surface area contributed by atoms with Gasteiger partial charge in [-0.05, 0) is 32.9 Å². The van der Waals surface area contributed by atoms with Crippen LogP contribution in [0, 0.1) is 0 Å². The van der Waals surface area contributed by atoms with Crippen molar-refractivity contribution in [3.63, 3.8) is 0 Å². The largest absolute Gasteiger partial charge is 0.392 e. The topological polar surface area (TPSA) is 49.5 Å². The van der Waals surface area contributed by atoms with Crippen molar-refractivity contribution in [1.82, 2.24) is 4.90 Å². The Balaban J connectivity index is 2.17. The minimum Gasteiger partial charge on any atom is -0.392 e. The maximum Gasteiger partial charge on any atom is 0.0639 e. The van der Waals surface area contributed by atoms with Gasteiger partial charge in [0.2, 0.25) is 0 Å². The van der Waals surface area contributed by atoms with Crippen LogP contribution in [0.4, 0.5) is 0 Å². The van der Waals surface area contributed by atoms with Gasteiger partial charge < -0.3 is 15.7 Å². The minimum atomic E-state index is -0.204. The van der Waals surface area contributed by atoms with Gasteiger partial charge in [-0.3, -0.25) is 0 Å². The van der Waals surface area contributed by atoms with Gasteiger partial charge in [-0.1, -0.05) is 0 Å². The zero-order valence-corrected chi connectivity index (χ0v) is 7.16. The average Bonchev–Trinajstić information content (AvgIpc) is 1.93. The third-order valence-corrected chi connectivity index (χ3v) is 2.15. The molecule has 1 aliphatic heterocycles. The Morgan fingerprint density at radius 1 is 1.55 bits per heavy atom. The molecule has 1 unspecified atom stereocenters. The van der Waals surface area contributed by atoms with Gasteiger partial charge in [-0.25, -0.2) is 0 Å². The van der Waals surface area contributed by atoms with E-state index in [1.54, 1.807) is 0 Å². The maximum absolute atomic E-state index is 9.10. The molecule has 3 N–H and O–H groups in total. The van der Waals surface area contributed by atoms with E-state index in [1.165, 1.54) is 0 Å². The van der Waals surface area contributed by atoms with E-state index in [9.17, 15) is 0 Å². The number of likely N-dealkylation sites (tertiary alicyclic amines) is 1. The molecule has 3 heteroatoms. The SMILES string of the molecule is CC(O)CN1CCC(N)CC1. The average molecular weight is 158 g/mol. The molecule has 0 saturated carbocycles. The summed E-state index contributed by atoms with van der Waals surface area (Å²) in [5.74, 6) is 0. The predicted molar refractivity (Wildman–Crippen MR) is 45.3 cm³/mol. The van der Waals surface area contributed by atoms with Gasteiger partial charge in [0.25, 0.3) is 0 Å². The Kier molecular flexibility index (Phi) is 3.30. The van der Waals surface area contributed by atoms with E-state index in [4.69, 9.17) is 10.8 Å². The number of β-amino-alcohol motifs (C(OH)–C–C–N with tert-alkyl or cyclic N) is 1. The standard InChI is InChI=1S/C8H18N2O/c1-7(11)6-10-4-2-8(9)3-5-10/h7-8,11H,2-6,9H2,1H3. The first kappa shape index (κ1) is 8.97. The van der Waals surface area contributed by atoms with Crippen molar-refractivity contribution in [2.24, 2.45) is 5.73 Å². The summed E-state index contributed by atoms with van der Waals surface area (Å²) in [6.07, 6.45) is 1.95. The van der Waals surface area contributed by atoms with Crippen LogP contribution >= 0.6 is 0 Å². The van der Waals surface area contributed by atoms with E-state index >= 15 is 0 Å². The van der Waals surface area contributed by atoms with Crippen LogP contribution in [0.1, 0.15) is 19.8 Å². The fraction of sp³-hybridized carbons (Fsp3) is 1.00. The van der Waals surface area contributed by atoms with E-state index in [1.807, 2.05) is 6.92 Å². The second-order valence-electron chi connectivity index (χ2n) is 3.49. The normalized spacial score (nSPS) is 25.4. The quantitative estimate of drug-likeness (QED) is 0.584. The van der Waals surface area contributed by atoms with Gasteiger partial charge in [0.15, 0.2) is 0 Å². The molecule has 1 heterocycles. The van der Waals surface area contributed by atoms with Gasteiger partial charge in [0.1, 0.15) is 0 Å². The molecule has 1 fully saturated rings. The molecular formula is C8H18N2O. The zero-order valence-electron chi connectivity index (χ0n) is 7.16. The third kappa shape index (κ3) is 3.18. The third-order valence-electron chi connectivity index (χ3n) is 2.15. The fourth-order valence-corrected chi connectivity index (χ4v) is 1.51. The van der Waals surface area contributed by atoms with E-state index in [-0.39, 0.29) is 6.10 Å². The molecule has 0 aromatic carbocycles. The van der Waals surface area contributed by atoms with Crippen molar-refractivity contribution in [1.29, 1.82) is 0 Å². The van der Waals surface area contributed by atoms with Crippen molar-refractivity contribution < 1.29 is 5.11 Å². The summed E-state index contributed by atoms with van der Waals surface area (Å²) in [5.41, 5.74) is 5.74. The Labute approximate surface area is 68.2 Å². The highest BCUT2D eigenvalue weighted by Crippen LogP contribution is 2.07. The first-order valence-corrected chi connectivity index (χ1v) is 4.34. The number of nitrogens with zero attached hydrogens (tertiary/aromatic N) is 1. The Morgan fingerprint density at radius 2 is 2.09 bits per heavy atom. The second kappa shape index (κ2) is 4.04. The Morgan fingerprint density at radius 3 is 2.55 bits per heavy atom. The first-order valence-electron chi connectivity index (χ1n) is 4.34. The van der Waals surface area contributed by atoms with Crippen molar-refractivity contribution in [3.05, 3.63) is 0 Å². The van der Waals surface area contributed by atoms with Gasteiger partial charge in [0.05, 0.1) is 6.10 Å². The smallest absolute Gasteiger partial charge is 0.0639 e. The van der Waals surface area contributed by atoms with Crippen LogP contribution < -0.4 is 5.73 Å². The molecule has 1 rings (SSSR count). The molecule has 1 saturated heterocycles. The number of aliphatic hydroxyl groups is 1. The predicted octanol–water partition coefficient (Wildman–Crippen LogP) is -0.210. The van der Waals surface area contributed by atoms with E-state index in [2.05, 4.69) is 4.90 Å². The monoisotopic (exact) mass is 158 g/mol. The molecule has 0 aliphatic carbocycles. The lowest BCUT2D eigenvalue weighted by atomic mass is 10.1. The lowest BCUT2D eigenvalue weighted by molar-refractivity contribution is 0.110.